The van der Waals surface area contributed by atoms with Gasteiger partial charge in [0.15, 0.2) is 0 Å². The molecule has 0 atom stereocenters. The highest BCUT2D eigenvalue weighted by atomic mass is 15.1. The third-order valence-electron chi connectivity index (χ3n) is 8.13. The highest BCUT2D eigenvalue weighted by Crippen LogP contribution is 2.39. The Labute approximate surface area is 245 Å². The minimum atomic E-state index is 1.11. The Morgan fingerprint density at radius 1 is 0.357 bits per heavy atom. The molecule has 0 saturated heterocycles. The van der Waals surface area contributed by atoms with E-state index in [2.05, 4.69) is 179 Å². The van der Waals surface area contributed by atoms with Gasteiger partial charge < -0.3 is 9.47 Å². The first-order chi connectivity index (χ1) is 20.8. The second kappa shape index (κ2) is 10.1. The second-order valence-corrected chi connectivity index (χ2v) is 10.7. The lowest BCUT2D eigenvalue weighted by molar-refractivity contribution is 1.17. The molecule has 0 aliphatic rings. The Morgan fingerprint density at radius 3 is 1.74 bits per heavy atom. The molecule has 7 aromatic carbocycles. The van der Waals surface area contributed by atoms with Crippen molar-refractivity contribution < 1.29 is 0 Å². The van der Waals surface area contributed by atoms with Gasteiger partial charge in [-0.15, -0.1) is 0 Å². The molecule has 0 fully saturated rings. The average molecular weight is 537 g/mol. The van der Waals surface area contributed by atoms with Crippen molar-refractivity contribution in [2.24, 2.45) is 0 Å². The van der Waals surface area contributed by atoms with Crippen LogP contribution in [0.4, 0.5) is 17.1 Å². The SMILES string of the molecule is c1ccc(-c2ccc(N(c3ccccc3)c3cccc(-n4c5ccccc5c5cc6ccccc6cc54)c3)cc2)cc1. The Bertz CT molecular complexity index is 2180. The monoisotopic (exact) mass is 536 g/mol. The first-order valence-electron chi connectivity index (χ1n) is 14.4. The number of nitrogens with zero attached hydrogens (tertiary/aromatic N) is 2. The molecule has 1 aromatic heterocycles. The van der Waals surface area contributed by atoms with Crippen LogP contribution >= 0.6 is 0 Å². The van der Waals surface area contributed by atoms with Crippen molar-refractivity contribution in [1.29, 1.82) is 0 Å². The molecule has 0 aliphatic carbocycles. The molecule has 0 unspecified atom stereocenters. The first kappa shape index (κ1) is 24.2. The van der Waals surface area contributed by atoms with E-state index in [0.29, 0.717) is 0 Å². The molecule has 0 bridgehead atoms. The number of rotatable bonds is 5. The van der Waals surface area contributed by atoms with Crippen LogP contribution in [0.5, 0.6) is 0 Å². The molecule has 0 radical (unpaired) electrons. The predicted octanol–water partition coefficient (Wildman–Crippen LogP) is 11.1. The molecule has 8 aromatic rings. The summed E-state index contributed by atoms with van der Waals surface area (Å²) in [5.41, 5.74) is 9.33. The lowest BCUT2D eigenvalue weighted by Gasteiger charge is -2.26. The number of fused-ring (bicyclic) bond motifs is 4. The van der Waals surface area contributed by atoms with Gasteiger partial charge in [0.2, 0.25) is 0 Å². The molecule has 1 heterocycles. The summed E-state index contributed by atoms with van der Waals surface area (Å²) >= 11 is 0. The Kier molecular flexibility index (Phi) is 5.82. The maximum absolute atomic E-state index is 2.41. The lowest BCUT2D eigenvalue weighted by atomic mass is 10.0. The molecule has 2 heteroatoms. The van der Waals surface area contributed by atoms with Crippen LogP contribution in [-0.4, -0.2) is 4.57 Å². The van der Waals surface area contributed by atoms with Gasteiger partial charge in [0.05, 0.1) is 11.0 Å². The van der Waals surface area contributed by atoms with E-state index in [1.54, 1.807) is 0 Å². The Balaban J connectivity index is 1.31. The zero-order chi connectivity index (χ0) is 27.9. The highest BCUT2D eigenvalue weighted by Gasteiger charge is 2.17. The molecule has 0 amide bonds. The van der Waals surface area contributed by atoms with Crippen LogP contribution in [-0.2, 0) is 0 Å². The summed E-state index contributed by atoms with van der Waals surface area (Å²) in [7, 11) is 0. The predicted molar refractivity (Wildman–Crippen MR) is 178 cm³/mol. The van der Waals surface area contributed by atoms with E-state index in [-0.39, 0.29) is 0 Å². The van der Waals surface area contributed by atoms with Gasteiger partial charge in [-0.05, 0) is 82.6 Å². The van der Waals surface area contributed by atoms with Gasteiger partial charge in [-0.3, -0.25) is 0 Å². The average Bonchev–Trinajstić information content (AvgIpc) is 3.38. The van der Waals surface area contributed by atoms with Crippen molar-refractivity contribution in [3.63, 3.8) is 0 Å². The van der Waals surface area contributed by atoms with Gasteiger partial charge >= 0.3 is 0 Å². The smallest absolute Gasteiger partial charge is 0.0547 e. The Morgan fingerprint density at radius 2 is 0.952 bits per heavy atom. The fourth-order valence-corrected chi connectivity index (χ4v) is 6.16. The van der Waals surface area contributed by atoms with E-state index in [0.717, 1.165) is 22.7 Å². The standard InChI is InChI=1S/C40H28N2/c1-3-12-29(13-4-1)30-22-24-34(25-23-30)41(33-16-5-2-6-17-33)35-18-11-19-36(28-35)42-39-21-10-9-20-37(39)38-26-31-14-7-8-15-32(31)27-40(38)42/h1-28H. The molecule has 0 N–H and O–H groups in total. The Hall–Kier alpha value is -5.60. The van der Waals surface area contributed by atoms with Crippen LogP contribution < -0.4 is 4.90 Å². The van der Waals surface area contributed by atoms with Crippen LogP contribution in [0.15, 0.2) is 170 Å². The third kappa shape index (κ3) is 4.13. The fourth-order valence-electron chi connectivity index (χ4n) is 6.16. The van der Waals surface area contributed by atoms with Gasteiger partial charge in [0.25, 0.3) is 0 Å². The summed E-state index contributed by atoms with van der Waals surface area (Å²) in [5.74, 6) is 0. The summed E-state index contributed by atoms with van der Waals surface area (Å²) in [4.78, 5) is 2.33. The van der Waals surface area contributed by atoms with Crippen molar-refractivity contribution in [3.8, 4) is 16.8 Å². The highest BCUT2D eigenvalue weighted by molar-refractivity contribution is 6.13. The molecule has 0 saturated carbocycles. The molecule has 2 nitrogen and oxygen atoms in total. The number of hydrogen-bond donors (Lipinski definition) is 0. The van der Waals surface area contributed by atoms with Crippen LogP contribution in [0.2, 0.25) is 0 Å². The second-order valence-electron chi connectivity index (χ2n) is 10.7. The van der Waals surface area contributed by atoms with Crippen LogP contribution in [0, 0.1) is 0 Å². The number of benzene rings is 7. The first-order valence-corrected chi connectivity index (χ1v) is 14.4. The number of anilines is 3. The van der Waals surface area contributed by atoms with Gasteiger partial charge in [0.1, 0.15) is 0 Å². The van der Waals surface area contributed by atoms with Crippen molar-refractivity contribution >= 4 is 49.6 Å². The van der Waals surface area contributed by atoms with Crippen molar-refractivity contribution in [2.75, 3.05) is 4.90 Å². The van der Waals surface area contributed by atoms with Crippen LogP contribution in [0.25, 0.3) is 49.4 Å². The van der Waals surface area contributed by atoms with Crippen molar-refractivity contribution in [1.82, 2.24) is 4.57 Å². The minimum Gasteiger partial charge on any atom is -0.310 e. The zero-order valence-electron chi connectivity index (χ0n) is 23.1. The molecule has 8 rings (SSSR count). The van der Waals surface area contributed by atoms with Crippen molar-refractivity contribution in [2.45, 2.75) is 0 Å². The van der Waals surface area contributed by atoms with Gasteiger partial charge in [0, 0.05) is 33.5 Å². The quantitative estimate of drug-likeness (QED) is 0.212. The molecule has 42 heavy (non-hydrogen) atoms. The van der Waals surface area contributed by atoms with E-state index < -0.39 is 0 Å². The summed E-state index contributed by atoms with van der Waals surface area (Å²) in [6, 6.07) is 60.9. The van der Waals surface area contributed by atoms with E-state index in [9.17, 15) is 0 Å². The van der Waals surface area contributed by atoms with Gasteiger partial charge in [-0.2, -0.15) is 0 Å². The van der Waals surface area contributed by atoms with Crippen molar-refractivity contribution in [3.05, 3.63) is 170 Å². The fraction of sp³-hybridized carbons (Fsp3) is 0. The van der Waals surface area contributed by atoms with E-state index in [1.165, 1.54) is 43.7 Å². The molecule has 0 aliphatic heterocycles. The number of aromatic nitrogens is 1. The summed E-state index contributed by atoms with van der Waals surface area (Å²) in [6.45, 7) is 0. The van der Waals surface area contributed by atoms with Gasteiger partial charge in [-0.1, -0.05) is 109 Å². The summed E-state index contributed by atoms with van der Waals surface area (Å²) in [5, 5.41) is 5.04. The molecule has 198 valence electrons. The largest absolute Gasteiger partial charge is 0.310 e. The third-order valence-corrected chi connectivity index (χ3v) is 8.13. The van der Waals surface area contributed by atoms with Crippen LogP contribution in [0.1, 0.15) is 0 Å². The maximum atomic E-state index is 2.41. The maximum Gasteiger partial charge on any atom is 0.0547 e. The number of hydrogen-bond acceptors (Lipinski definition) is 1. The molecule has 0 spiro atoms. The summed E-state index contributed by atoms with van der Waals surface area (Å²) in [6.07, 6.45) is 0. The van der Waals surface area contributed by atoms with E-state index in [4.69, 9.17) is 0 Å². The molecular formula is C40H28N2. The van der Waals surface area contributed by atoms with E-state index >= 15 is 0 Å². The topological polar surface area (TPSA) is 8.17 Å². The van der Waals surface area contributed by atoms with Gasteiger partial charge in [-0.25, -0.2) is 0 Å². The normalized spacial score (nSPS) is 11.3. The number of para-hydroxylation sites is 2. The van der Waals surface area contributed by atoms with Crippen LogP contribution in [0.3, 0.4) is 0 Å². The molecular weight excluding hydrogens is 508 g/mol. The lowest BCUT2D eigenvalue weighted by Crippen LogP contribution is -2.10. The minimum absolute atomic E-state index is 1.11. The zero-order valence-corrected chi connectivity index (χ0v) is 23.1. The van der Waals surface area contributed by atoms with E-state index in [1.807, 2.05) is 0 Å². The summed E-state index contributed by atoms with van der Waals surface area (Å²) < 4.78 is 2.41.